The van der Waals surface area contributed by atoms with Gasteiger partial charge in [-0.2, -0.15) is 0 Å². The van der Waals surface area contributed by atoms with Crippen molar-refractivity contribution in [3.8, 4) is 0 Å². The summed E-state index contributed by atoms with van der Waals surface area (Å²) in [6.45, 7) is 2.22. The average molecular weight is 449 g/mol. The Morgan fingerprint density at radius 2 is 1.81 bits per heavy atom. The van der Waals surface area contributed by atoms with Crippen LogP contribution in [0.15, 0.2) is 80.8 Å². The van der Waals surface area contributed by atoms with Crippen LogP contribution < -0.4 is 10.5 Å². The van der Waals surface area contributed by atoms with E-state index in [1.165, 1.54) is 12.1 Å². The zero-order valence-electron chi connectivity index (χ0n) is 17.0. The van der Waals surface area contributed by atoms with Gasteiger partial charge in [-0.3, -0.25) is 14.5 Å². The number of carbonyl (C=O) groups excluding carboxylic acids is 1. The van der Waals surface area contributed by atoms with Crippen molar-refractivity contribution in [3.63, 3.8) is 0 Å². The number of amides is 1. The number of H-pyrrole nitrogens is 1. The Morgan fingerprint density at radius 3 is 2.59 bits per heavy atom. The summed E-state index contributed by atoms with van der Waals surface area (Å²) in [5, 5.41) is 0. The fraction of sp³-hybridized carbons (Fsp3) is 0.130. The van der Waals surface area contributed by atoms with Crippen molar-refractivity contribution < 1.29 is 17.6 Å². The highest BCUT2D eigenvalue weighted by atomic mass is 32.2. The molecule has 0 radical (unpaired) electrons. The number of nitrogens with zero attached hydrogens (tertiary/aromatic N) is 1. The number of sulfonamides is 1. The van der Waals surface area contributed by atoms with E-state index in [2.05, 4.69) is 9.71 Å². The van der Waals surface area contributed by atoms with Gasteiger partial charge in [0.25, 0.3) is 15.9 Å². The molecule has 5 rings (SSSR count). The van der Waals surface area contributed by atoms with Crippen LogP contribution in [0, 0.1) is 0 Å². The monoisotopic (exact) mass is 449 g/mol. The first kappa shape index (κ1) is 20.1. The van der Waals surface area contributed by atoms with Crippen molar-refractivity contribution >= 4 is 32.7 Å². The molecule has 0 bridgehead atoms. The summed E-state index contributed by atoms with van der Waals surface area (Å²) in [6, 6.07) is 18.1. The summed E-state index contributed by atoms with van der Waals surface area (Å²) >= 11 is 0. The molecule has 2 N–H and O–H groups in total. The first-order valence-corrected chi connectivity index (χ1v) is 11.4. The third kappa shape index (κ3) is 3.46. The molecular formula is C23H19N3O5S. The van der Waals surface area contributed by atoms with Gasteiger partial charge in [-0.05, 0) is 60.5 Å². The van der Waals surface area contributed by atoms with E-state index in [9.17, 15) is 18.0 Å². The van der Waals surface area contributed by atoms with Crippen LogP contribution in [0.3, 0.4) is 0 Å². The first-order chi connectivity index (χ1) is 15.3. The minimum absolute atomic E-state index is 0.138. The summed E-state index contributed by atoms with van der Waals surface area (Å²) in [7, 11) is -3.73. The van der Waals surface area contributed by atoms with Crippen LogP contribution in [0.25, 0.3) is 11.1 Å². The van der Waals surface area contributed by atoms with Crippen molar-refractivity contribution in [3.05, 3.63) is 94.0 Å². The van der Waals surface area contributed by atoms with E-state index in [1.54, 1.807) is 53.4 Å². The molecule has 32 heavy (non-hydrogen) atoms. The van der Waals surface area contributed by atoms with Gasteiger partial charge in [0.1, 0.15) is 0 Å². The molecule has 4 aromatic rings. The number of oxazole rings is 1. The molecule has 1 amide bonds. The Hall–Kier alpha value is -3.85. The van der Waals surface area contributed by atoms with Crippen LogP contribution >= 0.6 is 0 Å². The van der Waals surface area contributed by atoms with E-state index in [0.29, 0.717) is 28.9 Å². The number of carbonyl (C=O) groups is 1. The Balaban J connectivity index is 1.40. The molecule has 1 aromatic heterocycles. The molecule has 1 atom stereocenters. The topological polar surface area (TPSA) is 112 Å². The molecule has 0 fully saturated rings. The van der Waals surface area contributed by atoms with Crippen molar-refractivity contribution in [2.75, 3.05) is 4.72 Å². The minimum atomic E-state index is -3.73. The van der Waals surface area contributed by atoms with Crippen molar-refractivity contribution in [2.24, 2.45) is 0 Å². The summed E-state index contributed by atoms with van der Waals surface area (Å²) in [5.41, 5.74) is 3.52. The van der Waals surface area contributed by atoms with Crippen LogP contribution in [0.4, 0.5) is 5.69 Å². The fourth-order valence-corrected chi connectivity index (χ4v) is 5.04. The van der Waals surface area contributed by atoms with Crippen molar-refractivity contribution in [1.82, 2.24) is 9.88 Å². The Kier molecular flexibility index (Phi) is 4.63. The van der Waals surface area contributed by atoms with Crippen LogP contribution in [-0.2, 0) is 16.6 Å². The van der Waals surface area contributed by atoms with Gasteiger partial charge in [0.05, 0.1) is 16.5 Å². The molecule has 0 spiro atoms. The van der Waals surface area contributed by atoms with Crippen molar-refractivity contribution in [2.45, 2.75) is 24.4 Å². The summed E-state index contributed by atoms with van der Waals surface area (Å²) in [4.78, 5) is 28.8. The lowest BCUT2D eigenvalue weighted by Gasteiger charge is -2.22. The molecule has 0 saturated carbocycles. The van der Waals surface area contributed by atoms with Crippen LogP contribution in [0.2, 0.25) is 0 Å². The third-order valence-corrected chi connectivity index (χ3v) is 7.00. The Morgan fingerprint density at radius 1 is 1.03 bits per heavy atom. The second-order valence-corrected chi connectivity index (χ2v) is 9.36. The summed E-state index contributed by atoms with van der Waals surface area (Å²) in [6.07, 6.45) is 0. The van der Waals surface area contributed by atoms with Crippen molar-refractivity contribution in [1.29, 1.82) is 0 Å². The molecule has 3 aromatic carbocycles. The summed E-state index contributed by atoms with van der Waals surface area (Å²) in [5.74, 6) is -0.666. The van der Waals surface area contributed by atoms with E-state index in [-0.39, 0.29) is 16.8 Å². The Bertz CT molecular complexity index is 1510. The second kappa shape index (κ2) is 7.38. The first-order valence-electron chi connectivity index (χ1n) is 9.96. The van der Waals surface area contributed by atoms with Crippen LogP contribution in [0.5, 0.6) is 0 Å². The zero-order valence-corrected chi connectivity index (χ0v) is 17.8. The number of nitrogens with one attached hydrogen (secondary N) is 2. The molecule has 162 valence electrons. The lowest BCUT2D eigenvalue weighted by atomic mass is 10.1. The van der Waals surface area contributed by atoms with E-state index in [1.807, 2.05) is 13.0 Å². The van der Waals surface area contributed by atoms with Gasteiger partial charge in [-0.15, -0.1) is 0 Å². The SMILES string of the molecule is CC1c2cc(NS(=O)(=O)c3ccccc3)ccc2C(=O)N1Cc1ccc2[nH]c(=O)oc2c1. The number of anilines is 1. The van der Waals surface area contributed by atoms with Crippen LogP contribution in [0.1, 0.15) is 34.5 Å². The number of benzene rings is 3. The molecule has 2 heterocycles. The quantitative estimate of drug-likeness (QED) is 0.483. The number of rotatable bonds is 5. The highest BCUT2D eigenvalue weighted by molar-refractivity contribution is 7.92. The molecule has 1 aliphatic heterocycles. The molecule has 9 heteroatoms. The highest BCUT2D eigenvalue weighted by Crippen LogP contribution is 2.36. The number of aromatic amines is 1. The third-order valence-electron chi connectivity index (χ3n) is 5.60. The van der Waals surface area contributed by atoms with E-state index < -0.39 is 15.8 Å². The molecule has 1 aliphatic rings. The number of hydrogen-bond donors (Lipinski definition) is 2. The lowest BCUT2D eigenvalue weighted by molar-refractivity contribution is 0.0723. The fourth-order valence-electron chi connectivity index (χ4n) is 3.97. The predicted octanol–water partition coefficient (Wildman–Crippen LogP) is 3.64. The van der Waals surface area contributed by atoms with Gasteiger partial charge < -0.3 is 9.32 Å². The van der Waals surface area contributed by atoms with Crippen LogP contribution in [-0.4, -0.2) is 24.2 Å². The molecule has 0 aliphatic carbocycles. The highest BCUT2D eigenvalue weighted by Gasteiger charge is 2.34. The average Bonchev–Trinajstić information content (AvgIpc) is 3.25. The maximum absolute atomic E-state index is 13.0. The molecule has 8 nitrogen and oxygen atoms in total. The number of aromatic nitrogens is 1. The normalized spacial score (nSPS) is 15.8. The molecule has 0 saturated heterocycles. The van der Waals surface area contributed by atoms with Gasteiger partial charge in [0, 0.05) is 17.8 Å². The van der Waals surface area contributed by atoms with E-state index in [4.69, 9.17) is 4.42 Å². The number of fused-ring (bicyclic) bond motifs is 2. The molecular weight excluding hydrogens is 430 g/mol. The Labute approximate surface area is 183 Å². The predicted molar refractivity (Wildman–Crippen MR) is 119 cm³/mol. The van der Waals surface area contributed by atoms with Gasteiger partial charge in [0.2, 0.25) is 0 Å². The smallest absolute Gasteiger partial charge is 0.408 e. The van der Waals surface area contributed by atoms with Gasteiger partial charge in [0.15, 0.2) is 5.58 Å². The van der Waals surface area contributed by atoms with Gasteiger partial charge in [-0.1, -0.05) is 24.3 Å². The molecule has 1 unspecified atom stereocenters. The summed E-state index contributed by atoms with van der Waals surface area (Å²) < 4.78 is 33.0. The maximum Gasteiger partial charge on any atom is 0.417 e. The zero-order chi connectivity index (χ0) is 22.5. The van der Waals surface area contributed by atoms with E-state index in [0.717, 1.165) is 11.1 Å². The minimum Gasteiger partial charge on any atom is -0.408 e. The lowest BCUT2D eigenvalue weighted by Crippen LogP contribution is -2.26. The standard InChI is InChI=1S/C23H19N3O5S/c1-14-19-12-16(25-32(29,30)17-5-3-2-4-6-17)8-9-18(19)22(27)26(14)13-15-7-10-20-21(11-15)31-23(28)24-20/h2-12,14,25H,13H2,1H3,(H,24,28). The maximum atomic E-state index is 13.0. The van der Waals surface area contributed by atoms with Gasteiger partial charge >= 0.3 is 5.76 Å². The largest absolute Gasteiger partial charge is 0.417 e. The second-order valence-electron chi connectivity index (χ2n) is 7.67. The number of hydrogen-bond acceptors (Lipinski definition) is 5. The van der Waals surface area contributed by atoms with E-state index >= 15 is 0 Å². The van der Waals surface area contributed by atoms with Gasteiger partial charge in [-0.25, -0.2) is 13.2 Å².